The van der Waals surface area contributed by atoms with E-state index < -0.39 is 19.1 Å². The fraction of sp³-hybridized carbons (Fsp3) is 0.263. The summed E-state index contributed by atoms with van der Waals surface area (Å²) >= 11 is 6.17. The molecule has 1 aliphatic heterocycles. The predicted molar refractivity (Wildman–Crippen MR) is 97.2 cm³/mol. The number of ether oxygens (including phenoxy) is 3. The number of hydrogen-bond acceptors (Lipinski definition) is 5. The molecule has 0 saturated carbocycles. The number of aromatic nitrogens is 2. The summed E-state index contributed by atoms with van der Waals surface area (Å²) in [4.78, 5) is 16.6. The minimum atomic E-state index is -2.81. The van der Waals surface area contributed by atoms with Crippen LogP contribution < -0.4 is 9.47 Å². The Kier molecular flexibility index (Phi) is 5.04. The van der Waals surface area contributed by atoms with Crippen molar-refractivity contribution in [3.63, 3.8) is 0 Å². The first-order valence-electron chi connectivity index (χ1n) is 8.55. The van der Waals surface area contributed by atoms with E-state index in [2.05, 4.69) is 4.98 Å². The Morgan fingerprint density at radius 2 is 2.04 bits per heavy atom. The van der Waals surface area contributed by atoms with Crippen molar-refractivity contribution in [2.24, 2.45) is 0 Å². The van der Waals surface area contributed by atoms with Gasteiger partial charge in [0.1, 0.15) is 6.61 Å². The van der Waals surface area contributed by atoms with E-state index in [1.54, 1.807) is 18.2 Å². The standard InChI is InChI=1S/C19H15ClF2N2O4/c20-12-8-11(9-15-17(12)27-7-3-6-26-15)18(25)28-10-16-23-13-4-1-2-5-14(13)24(16)19(21)22/h1-2,4-5,8-9,19H,3,6-7,10H2. The lowest BCUT2D eigenvalue weighted by Crippen LogP contribution is -2.11. The van der Waals surface area contributed by atoms with Crippen molar-refractivity contribution >= 4 is 28.6 Å². The summed E-state index contributed by atoms with van der Waals surface area (Å²) in [7, 11) is 0. The molecule has 0 radical (unpaired) electrons. The molecule has 9 heteroatoms. The van der Waals surface area contributed by atoms with Gasteiger partial charge in [-0.1, -0.05) is 23.7 Å². The average Bonchev–Trinajstić information content (AvgIpc) is 2.88. The van der Waals surface area contributed by atoms with Gasteiger partial charge in [-0.2, -0.15) is 8.78 Å². The van der Waals surface area contributed by atoms with Crippen LogP contribution in [-0.4, -0.2) is 28.7 Å². The molecular formula is C19H15ClF2N2O4. The number of benzene rings is 2. The molecular weight excluding hydrogens is 394 g/mol. The third kappa shape index (κ3) is 3.47. The van der Waals surface area contributed by atoms with Crippen molar-refractivity contribution < 1.29 is 27.8 Å². The van der Waals surface area contributed by atoms with Gasteiger partial charge in [-0.25, -0.2) is 9.78 Å². The van der Waals surface area contributed by atoms with E-state index in [0.29, 0.717) is 36.7 Å². The molecule has 1 aliphatic rings. The van der Waals surface area contributed by atoms with Crippen molar-refractivity contribution in [2.45, 2.75) is 19.6 Å². The van der Waals surface area contributed by atoms with Crippen LogP contribution in [0.3, 0.4) is 0 Å². The van der Waals surface area contributed by atoms with E-state index >= 15 is 0 Å². The minimum Gasteiger partial charge on any atom is -0.489 e. The molecule has 0 fully saturated rings. The molecule has 0 atom stereocenters. The number of rotatable bonds is 4. The van der Waals surface area contributed by atoms with E-state index in [9.17, 15) is 13.6 Å². The average molecular weight is 409 g/mol. The molecule has 4 rings (SSSR count). The van der Waals surface area contributed by atoms with Crippen molar-refractivity contribution in [2.75, 3.05) is 13.2 Å². The largest absolute Gasteiger partial charge is 0.489 e. The number of para-hydroxylation sites is 2. The molecule has 0 N–H and O–H groups in total. The van der Waals surface area contributed by atoms with Crippen LogP contribution in [0.4, 0.5) is 8.78 Å². The summed E-state index contributed by atoms with van der Waals surface area (Å²) in [6.45, 7) is -2.33. The topological polar surface area (TPSA) is 62.6 Å². The monoisotopic (exact) mass is 408 g/mol. The lowest BCUT2D eigenvalue weighted by molar-refractivity contribution is 0.0387. The van der Waals surface area contributed by atoms with Crippen LogP contribution in [0, 0.1) is 0 Å². The molecule has 0 aliphatic carbocycles. The quantitative estimate of drug-likeness (QED) is 0.590. The number of imidazole rings is 1. The number of carbonyl (C=O) groups is 1. The molecule has 0 unspecified atom stereocenters. The van der Waals surface area contributed by atoms with Crippen LogP contribution in [0.2, 0.25) is 5.02 Å². The van der Waals surface area contributed by atoms with Crippen molar-refractivity contribution in [1.82, 2.24) is 9.55 Å². The normalized spacial score (nSPS) is 13.6. The highest BCUT2D eigenvalue weighted by atomic mass is 35.5. The van der Waals surface area contributed by atoms with Gasteiger partial charge in [-0.15, -0.1) is 0 Å². The Hall–Kier alpha value is -2.87. The van der Waals surface area contributed by atoms with E-state index in [1.165, 1.54) is 18.2 Å². The summed E-state index contributed by atoms with van der Waals surface area (Å²) in [5.41, 5.74) is 0.795. The second-order valence-corrected chi connectivity index (χ2v) is 6.48. The molecule has 2 heterocycles. The lowest BCUT2D eigenvalue weighted by atomic mass is 10.2. The second-order valence-electron chi connectivity index (χ2n) is 6.08. The lowest BCUT2D eigenvalue weighted by Gasteiger charge is -2.12. The summed E-state index contributed by atoms with van der Waals surface area (Å²) in [5.74, 6) is -0.0672. The smallest absolute Gasteiger partial charge is 0.338 e. The maximum absolute atomic E-state index is 13.5. The third-order valence-corrected chi connectivity index (χ3v) is 4.52. The number of esters is 1. The number of alkyl halides is 2. The van der Waals surface area contributed by atoms with Crippen LogP contribution in [0.15, 0.2) is 36.4 Å². The van der Waals surface area contributed by atoms with Gasteiger partial charge in [0.15, 0.2) is 17.3 Å². The highest BCUT2D eigenvalue weighted by Gasteiger charge is 2.21. The van der Waals surface area contributed by atoms with E-state index in [-0.39, 0.29) is 21.9 Å². The van der Waals surface area contributed by atoms with Crippen LogP contribution in [-0.2, 0) is 11.3 Å². The number of hydrogen-bond donors (Lipinski definition) is 0. The van der Waals surface area contributed by atoms with Crippen molar-refractivity contribution in [1.29, 1.82) is 0 Å². The second kappa shape index (κ2) is 7.63. The van der Waals surface area contributed by atoms with Crippen LogP contribution in [0.5, 0.6) is 11.5 Å². The fourth-order valence-electron chi connectivity index (χ4n) is 2.98. The van der Waals surface area contributed by atoms with Crippen molar-refractivity contribution in [3.8, 4) is 11.5 Å². The first kappa shape index (κ1) is 18.5. The number of nitrogens with zero attached hydrogens (tertiary/aromatic N) is 2. The van der Waals surface area contributed by atoms with Gasteiger partial charge in [0.25, 0.3) is 0 Å². The molecule has 1 aromatic heterocycles. The predicted octanol–water partition coefficient (Wildman–Crippen LogP) is 4.60. The Morgan fingerprint density at radius 1 is 1.25 bits per heavy atom. The van der Waals surface area contributed by atoms with Gasteiger partial charge in [0, 0.05) is 6.42 Å². The molecule has 2 aromatic carbocycles. The maximum atomic E-state index is 13.5. The summed E-state index contributed by atoms with van der Waals surface area (Å²) < 4.78 is 43.9. The fourth-order valence-corrected chi connectivity index (χ4v) is 3.24. The highest BCUT2D eigenvalue weighted by Crippen LogP contribution is 2.38. The Bertz CT molecular complexity index is 1040. The number of halogens is 3. The number of carbonyl (C=O) groups excluding carboxylic acids is 1. The van der Waals surface area contributed by atoms with Crippen LogP contribution in [0.25, 0.3) is 11.0 Å². The van der Waals surface area contributed by atoms with Gasteiger partial charge in [-0.05, 0) is 24.3 Å². The van der Waals surface area contributed by atoms with E-state index in [1.807, 2.05) is 0 Å². The van der Waals surface area contributed by atoms with Crippen LogP contribution in [0.1, 0.15) is 29.2 Å². The van der Waals surface area contributed by atoms with Crippen LogP contribution >= 0.6 is 11.6 Å². The summed E-state index contributed by atoms with van der Waals surface area (Å²) in [6.07, 6.45) is 0.689. The number of fused-ring (bicyclic) bond motifs is 2. The maximum Gasteiger partial charge on any atom is 0.338 e. The van der Waals surface area contributed by atoms with E-state index in [0.717, 1.165) is 4.57 Å². The van der Waals surface area contributed by atoms with Gasteiger partial charge >= 0.3 is 12.5 Å². The molecule has 0 amide bonds. The van der Waals surface area contributed by atoms with E-state index in [4.69, 9.17) is 25.8 Å². The van der Waals surface area contributed by atoms with Crippen molar-refractivity contribution in [3.05, 3.63) is 52.8 Å². The van der Waals surface area contributed by atoms with Gasteiger partial charge in [-0.3, -0.25) is 4.57 Å². The Balaban J connectivity index is 1.57. The molecule has 0 saturated heterocycles. The molecule has 3 aromatic rings. The molecule has 6 nitrogen and oxygen atoms in total. The molecule has 0 spiro atoms. The zero-order valence-corrected chi connectivity index (χ0v) is 15.3. The summed E-state index contributed by atoms with van der Waals surface area (Å²) in [5, 5.41) is 0.214. The minimum absolute atomic E-state index is 0.0509. The first-order chi connectivity index (χ1) is 13.5. The SMILES string of the molecule is O=C(OCc1nc2ccccc2n1C(F)F)c1cc(Cl)c2c(c1)OCCCO2. The highest BCUT2D eigenvalue weighted by molar-refractivity contribution is 6.32. The molecule has 28 heavy (non-hydrogen) atoms. The Morgan fingerprint density at radius 3 is 2.86 bits per heavy atom. The zero-order chi connectivity index (χ0) is 19.7. The van der Waals surface area contributed by atoms with Gasteiger partial charge in [0.05, 0.1) is 34.8 Å². The molecule has 146 valence electrons. The molecule has 0 bridgehead atoms. The summed E-state index contributed by atoms with van der Waals surface area (Å²) in [6, 6.07) is 9.34. The zero-order valence-electron chi connectivity index (χ0n) is 14.5. The Labute approximate surface area is 163 Å². The first-order valence-corrected chi connectivity index (χ1v) is 8.92. The van der Waals surface area contributed by atoms with Gasteiger partial charge < -0.3 is 14.2 Å². The van der Waals surface area contributed by atoms with Gasteiger partial charge in [0.2, 0.25) is 0 Å². The third-order valence-electron chi connectivity index (χ3n) is 4.23.